The maximum atomic E-state index is 12.4. The lowest BCUT2D eigenvalue weighted by Crippen LogP contribution is -2.41. The summed E-state index contributed by atoms with van der Waals surface area (Å²) in [5.41, 5.74) is 0.566. The quantitative estimate of drug-likeness (QED) is 0.543. The topological polar surface area (TPSA) is 107 Å². The number of nitrogens with one attached hydrogen (secondary N) is 1. The summed E-state index contributed by atoms with van der Waals surface area (Å²) in [5, 5.41) is 21.4. The molecule has 1 aromatic carbocycles. The zero-order chi connectivity index (χ0) is 23.6. The predicted octanol–water partition coefficient (Wildman–Crippen LogP) is 3.83. The Morgan fingerprint density at radius 2 is 2.03 bits per heavy atom. The van der Waals surface area contributed by atoms with Crippen molar-refractivity contribution in [3.05, 3.63) is 40.6 Å². The van der Waals surface area contributed by atoms with Crippen LogP contribution in [-0.2, 0) is 16.0 Å². The highest BCUT2D eigenvalue weighted by atomic mass is 35.5. The number of nitrogens with zero attached hydrogens (tertiary/aromatic N) is 2. The van der Waals surface area contributed by atoms with Gasteiger partial charge in [-0.3, -0.25) is 9.53 Å². The molecule has 1 aliphatic heterocycles. The third-order valence-corrected chi connectivity index (χ3v) is 5.91. The molecule has 2 heterocycles. The Kier molecular flexibility index (Phi) is 7.10. The highest BCUT2D eigenvalue weighted by Crippen LogP contribution is 2.41. The molecular formula is C21H23ClF3N3O5. The molecular weight excluding hydrogens is 467 g/mol. The summed E-state index contributed by atoms with van der Waals surface area (Å²) in [4.78, 5) is 12.4. The first kappa shape index (κ1) is 23.8. The smallest absolute Gasteiger partial charge is 0.480 e. The van der Waals surface area contributed by atoms with Crippen LogP contribution in [0.1, 0.15) is 61.5 Å². The molecule has 1 saturated carbocycles. The number of rotatable bonds is 8. The van der Waals surface area contributed by atoms with Crippen molar-refractivity contribution in [3.63, 3.8) is 0 Å². The summed E-state index contributed by atoms with van der Waals surface area (Å²) in [6.07, 6.45) is -4.78. The summed E-state index contributed by atoms with van der Waals surface area (Å²) in [6, 6.07) is 4.89. The molecule has 0 unspecified atom stereocenters. The Morgan fingerprint density at radius 3 is 2.79 bits per heavy atom. The first-order valence-electron chi connectivity index (χ1n) is 10.7. The van der Waals surface area contributed by atoms with E-state index in [0.717, 1.165) is 0 Å². The fourth-order valence-electron chi connectivity index (χ4n) is 3.89. The zero-order valence-electron chi connectivity index (χ0n) is 17.5. The van der Waals surface area contributed by atoms with Gasteiger partial charge in [0.15, 0.2) is 6.10 Å². The molecule has 0 bridgehead atoms. The molecule has 1 aromatic heterocycles. The molecule has 180 valence electrons. The van der Waals surface area contributed by atoms with Crippen LogP contribution in [0.2, 0.25) is 5.02 Å². The maximum absolute atomic E-state index is 12.4. The van der Waals surface area contributed by atoms with Crippen LogP contribution < -0.4 is 10.1 Å². The average Bonchev–Trinajstić information content (AvgIpc) is 3.18. The number of aliphatic hydroxyl groups excluding tert-OH is 1. The lowest BCUT2D eigenvalue weighted by Gasteiger charge is -2.32. The minimum atomic E-state index is -4.63. The van der Waals surface area contributed by atoms with Crippen molar-refractivity contribution in [2.75, 3.05) is 6.54 Å². The minimum Gasteiger partial charge on any atom is -0.480 e. The van der Waals surface area contributed by atoms with Crippen molar-refractivity contribution >= 4 is 17.5 Å². The number of benzene rings is 1. The number of carbonyl (C=O) groups is 1. The van der Waals surface area contributed by atoms with Gasteiger partial charge in [-0.2, -0.15) is 0 Å². The van der Waals surface area contributed by atoms with E-state index in [0.29, 0.717) is 53.9 Å². The first-order valence-corrected chi connectivity index (χ1v) is 11.0. The molecule has 0 spiro atoms. The largest absolute Gasteiger partial charge is 0.522 e. The summed E-state index contributed by atoms with van der Waals surface area (Å²) in [7, 11) is 0. The van der Waals surface area contributed by atoms with E-state index in [1.807, 2.05) is 0 Å². The molecule has 33 heavy (non-hydrogen) atoms. The fraction of sp³-hybridized carbons (Fsp3) is 0.571. The Labute approximate surface area is 192 Å². The van der Waals surface area contributed by atoms with Crippen LogP contribution >= 0.6 is 11.6 Å². The second-order valence-electron chi connectivity index (χ2n) is 8.18. The van der Waals surface area contributed by atoms with Crippen LogP contribution in [0.15, 0.2) is 22.6 Å². The number of ether oxygens (including phenoxy) is 2. The number of amides is 1. The number of hydrogen-bond acceptors (Lipinski definition) is 7. The Bertz CT molecular complexity index is 980. The van der Waals surface area contributed by atoms with Gasteiger partial charge in [0.1, 0.15) is 5.75 Å². The lowest BCUT2D eigenvalue weighted by atomic mass is 9.82. The van der Waals surface area contributed by atoms with E-state index in [1.165, 1.54) is 0 Å². The average molecular weight is 490 g/mol. The first-order chi connectivity index (χ1) is 15.7. The number of aromatic nitrogens is 2. The molecule has 2 atom stereocenters. The minimum absolute atomic E-state index is 0.139. The Morgan fingerprint density at radius 1 is 1.24 bits per heavy atom. The monoisotopic (exact) mass is 489 g/mol. The molecule has 12 heteroatoms. The van der Waals surface area contributed by atoms with Crippen molar-refractivity contribution < 1.29 is 37.0 Å². The van der Waals surface area contributed by atoms with Crippen LogP contribution in [0.25, 0.3) is 0 Å². The third-order valence-electron chi connectivity index (χ3n) is 5.67. The van der Waals surface area contributed by atoms with Gasteiger partial charge in [0, 0.05) is 35.9 Å². The van der Waals surface area contributed by atoms with Crippen molar-refractivity contribution in [1.29, 1.82) is 0 Å². The Hall–Kier alpha value is -2.37. The highest BCUT2D eigenvalue weighted by molar-refractivity contribution is 6.30. The second-order valence-corrected chi connectivity index (χ2v) is 8.61. The normalized spacial score (nSPS) is 24.5. The number of unbranched alkanes of at least 4 members (excludes halogenated alkanes) is 1. The standard InChI is InChI=1S/C21H23ClF3N3O5/c22-12-4-5-16-14(9-12)15(29)10-17(31-16)19(30)26-6-2-1-3-18-27-28-20(32-18)11-7-13(8-11)33-21(23,24)25/h4-5,9,11,13,15,17,29H,1-3,6-8,10H2,(H,26,30)/t11-,13+,15-,17-/m0/s1. The van der Waals surface area contributed by atoms with Crippen molar-refractivity contribution in [2.45, 2.75) is 69.1 Å². The number of hydrogen-bond donors (Lipinski definition) is 2. The fourth-order valence-corrected chi connectivity index (χ4v) is 4.07. The van der Waals surface area contributed by atoms with E-state index in [1.54, 1.807) is 18.2 Å². The SMILES string of the molecule is O=C(NCCCCc1nnc([C@H]2C[C@@H](OC(F)(F)F)C2)o1)[C@@H]1C[C@H](O)c2cc(Cl)ccc2O1. The predicted molar refractivity (Wildman–Crippen MR) is 109 cm³/mol. The molecule has 0 radical (unpaired) electrons. The number of alkyl halides is 3. The van der Waals surface area contributed by atoms with Gasteiger partial charge in [-0.05, 0) is 43.9 Å². The molecule has 8 nitrogen and oxygen atoms in total. The zero-order valence-corrected chi connectivity index (χ0v) is 18.2. The summed E-state index contributed by atoms with van der Waals surface area (Å²) in [6.45, 7) is 0.405. The molecule has 2 aliphatic rings. The molecule has 1 fully saturated rings. The van der Waals surface area contributed by atoms with Gasteiger partial charge in [-0.1, -0.05) is 11.6 Å². The van der Waals surface area contributed by atoms with Gasteiger partial charge < -0.3 is 19.6 Å². The van der Waals surface area contributed by atoms with Gasteiger partial charge >= 0.3 is 6.36 Å². The van der Waals surface area contributed by atoms with E-state index in [2.05, 4.69) is 20.3 Å². The van der Waals surface area contributed by atoms with Gasteiger partial charge in [-0.15, -0.1) is 23.4 Å². The van der Waals surface area contributed by atoms with Gasteiger partial charge in [0.25, 0.3) is 5.91 Å². The number of fused-ring (bicyclic) bond motifs is 1. The van der Waals surface area contributed by atoms with Crippen LogP contribution in [0.3, 0.4) is 0 Å². The van der Waals surface area contributed by atoms with Gasteiger partial charge in [0.2, 0.25) is 11.8 Å². The third kappa shape index (κ3) is 6.15. The van der Waals surface area contributed by atoms with Crippen LogP contribution in [0, 0.1) is 0 Å². The summed E-state index contributed by atoms with van der Waals surface area (Å²) >= 11 is 5.93. The molecule has 2 aromatic rings. The molecule has 4 rings (SSSR count). The van der Waals surface area contributed by atoms with E-state index >= 15 is 0 Å². The number of aryl methyl sites for hydroxylation is 1. The number of halogens is 4. The van der Waals surface area contributed by atoms with Gasteiger partial charge in [-0.25, -0.2) is 0 Å². The summed E-state index contributed by atoms with van der Waals surface area (Å²) in [5.74, 6) is 0.647. The highest BCUT2D eigenvalue weighted by Gasteiger charge is 2.42. The second kappa shape index (κ2) is 9.86. The summed E-state index contributed by atoms with van der Waals surface area (Å²) < 4.78 is 51.7. The molecule has 1 aliphatic carbocycles. The van der Waals surface area contributed by atoms with Crippen LogP contribution in [0.4, 0.5) is 13.2 Å². The van der Waals surface area contributed by atoms with Crippen LogP contribution in [-0.4, -0.2) is 46.3 Å². The van der Waals surface area contributed by atoms with E-state index in [9.17, 15) is 23.1 Å². The lowest BCUT2D eigenvalue weighted by molar-refractivity contribution is -0.352. The van der Waals surface area contributed by atoms with E-state index in [4.69, 9.17) is 20.8 Å². The number of aliphatic hydroxyl groups is 1. The molecule has 0 saturated heterocycles. The Balaban J connectivity index is 1.14. The maximum Gasteiger partial charge on any atom is 0.522 e. The van der Waals surface area contributed by atoms with E-state index in [-0.39, 0.29) is 31.1 Å². The van der Waals surface area contributed by atoms with Crippen molar-refractivity contribution in [3.8, 4) is 5.75 Å². The van der Waals surface area contributed by atoms with Crippen molar-refractivity contribution in [1.82, 2.24) is 15.5 Å². The number of carbonyl (C=O) groups excluding carboxylic acids is 1. The van der Waals surface area contributed by atoms with Crippen molar-refractivity contribution in [2.24, 2.45) is 0 Å². The van der Waals surface area contributed by atoms with E-state index < -0.39 is 24.7 Å². The van der Waals surface area contributed by atoms with Crippen LogP contribution in [0.5, 0.6) is 5.75 Å². The van der Waals surface area contributed by atoms with Gasteiger partial charge in [0.05, 0.1) is 12.2 Å². The molecule has 2 N–H and O–H groups in total. The molecule has 1 amide bonds.